The zero-order valence-electron chi connectivity index (χ0n) is 21.2. The summed E-state index contributed by atoms with van der Waals surface area (Å²) in [5.74, 6) is -10.8. The Hall–Kier alpha value is -3.04. The molecule has 2 amide bonds. The average molecular weight is 571 g/mol. The van der Waals surface area contributed by atoms with Crippen molar-refractivity contribution in [3.8, 4) is 5.75 Å². The normalized spacial score (nSPS) is 12.9. The quantitative estimate of drug-likeness (QED) is 0.321. The predicted molar refractivity (Wildman–Crippen MR) is 141 cm³/mol. The summed E-state index contributed by atoms with van der Waals surface area (Å²) in [6.07, 6.45) is -0.534. The second-order valence-corrected chi connectivity index (χ2v) is 9.90. The fourth-order valence-electron chi connectivity index (χ4n) is 3.70. The summed E-state index contributed by atoms with van der Waals surface area (Å²) in [4.78, 5) is 50.5. The first-order chi connectivity index (χ1) is 17.8. The maximum Gasteiger partial charge on any atom is 0.381 e. The van der Waals surface area contributed by atoms with Crippen LogP contribution in [0.1, 0.15) is 32.8 Å². The van der Waals surface area contributed by atoms with Crippen molar-refractivity contribution in [2.24, 2.45) is 11.8 Å². The lowest BCUT2D eigenvalue weighted by atomic mass is 9.82. The van der Waals surface area contributed by atoms with E-state index >= 15 is 0 Å². The molecule has 7 nitrogen and oxygen atoms in total. The van der Waals surface area contributed by atoms with Gasteiger partial charge in [0, 0.05) is 28.9 Å². The number of alkyl halides is 2. The minimum Gasteiger partial charge on any atom is -0.484 e. The van der Waals surface area contributed by atoms with Crippen LogP contribution in [0.25, 0.3) is 0 Å². The van der Waals surface area contributed by atoms with Gasteiger partial charge in [0.1, 0.15) is 5.75 Å². The molecule has 11 heteroatoms. The molecular formula is C27H30Cl2F2N2O5. The number of rotatable bonds is 14. The number of hydrogen-bond acceptors (Lipinski definition) is 5. The maximum atomic E-state index is 14.6. The zero-order valence-corrected chi connectivity index (χ0v) is 22.7. The van der Waals surface area contributed by atoms with Crippen molar-refractivity contribution < 1.29 is 32.7 Å². The van der Waals surface area contributed by atoms with E-state index in [1.54, 1.807) is 30.3 Å². The Morgan fingerprint density at radius 2 is 1.61 bits per heavy atom. The largest absolute Gasteiger partial charge is 0.484 e. The summed E-state index contributed by atoms with van der Waals surface area (Å²) < 4.78 is 34.5. The Kier molecular flexibility index (Phi) is 11.7. The molecule has 0 fully saturated rings. The van der Waals surface area contributed by atoms with Crippen LogP contribution in [-0.4, -0.2) is 48.5 Å². The molecule has 0 aromatic heterocycles. The lowest BCUT2D eigenvalue weighted by Crippen LogP contribution is -2.51. The van der Waals surface area contributed by atoms with Crippen molar-refractivity contribution in [2.75, 3.05) is 13.2 Å². The Bertz CT molecular complexity index is 1130. The summed E-state index contributed by atoms with van der Waals surface area (Å²) >= 11 is 11.9. The third-order valence-corrected chi connectivity index (χ3v) is 6.14. The average Bonchev–Trinajstić information content (AvgIpc) is 2.85. The summed E-state index contributed by atoms with van der Waals surface area (Å²) in [5.41, 5.74) is 0.703. The van der Waals surface area contributed by atoms with E-state index in [1.807, 2.05) is 5.32 Å². The standard InChI is InChI=1S/C27H30Cl2F2N2O5/c1-4-32-26(37)27(30,31)25(36)21(16(2)3)14-23(34)22(10-17-8-6-5-7-9-17)33-24(35)15-38-20-12-18(28)11-19(29)13-20/h5-9,11-13,16,21-22H,4,10,14-15H2,1-3H3,(H,32,37)(H,33,35)/t21-,22-/m0/s1. The van der Waals surface area contributed by atoms with Crippen molar-refractivity contribution in [3.63, 3.8) is 0 Å². The van der Waals surface area contributed by atoms with E-state index in [9.17, 15) is 28.0 Å². The van der Waals surface area contributed by atoms with E-state index in [0.717, 1.165) is 0 Å². The third-order valence-electron chi connectivity index (χ3n) is 5.71. The fraction of sp³-hybridized carbons (Fsp3) is 0.407. The highest BCUT2D eigenvalue weighted by Crippen LogP contribution is 2.28. The number of amides is 2. The van der Waals surface area contributed by atoms with Crippen molar-refractivity contribution in [2.45, 2.75) is 45.6 Å². The van der Waals surface area contributed by atoms with Gasteiger partial charge in [0.15, 0.2) is 12.4 Å². The molecule has 0 spiro atoms. The van der Waals surface area contributed by atoms with E-state index in [2.05, 4.69) is 5.32 Å². The van der Waals surface area contributed by atoms with Gasteiger partial charge in [0.05, 0.1) is 6.04 Å². The summed E-state index contributed by atoms with van der Waals surface area (Å²) in [5, 5.41) is 5.13. The molecule has 0 aliphatic rings. The Balaban J connectivity index is 2.20. The second kappa shape index (κ2) is 14.2. The molecule has 0 saturated carbocycles. The topological polar surface area (TPSA) is 102 Å². The van der Waals surface area contributed by atoms with Gasteiger partial charge in [-0.1, -0.05) is 67.4 Å². The van der Waals surface area contributed by atoms with Gasteiger partial charge in [-0.3, -0.25) is 19.2 Å². The number of carbonyl (C=O) groups excluding carboxylic acids is 4. The van der Waals surface area contributed by atoms with E-state index in [4.69, 9.17) is 27.9 Å². The van der Waals surface area contributed by atoms with Gasteiger partial charge >= 0.3 is 5.92 Å². The van der Waals surface area contributed by atoms with Gasteiger partial charge in [-0.05, 0) is 43.0 Å². The van der Waals surface area contributed by atoms with Gasteiger partial charge in [0.25, 0.3) is 11.8 Å². The SMILES string of the molecule is CCNC(=O)C(F)(F)C(=O)[C@@H](CC(=O)[C@H](Cc1ccccc1)NC(=O)COc1cc(Cl)cc(Cl)c1)C(C)C. The molecule has 0 aliphatic heterocycles. The summed E-state index contributed by atoms with van der Waals surface area (Å²) in [7, 11) is 0. The number of benzene rings is 2. The fourth-order valence-corrected chi connectivity index (χ4v) is 4.20. The monoisotopic (exact) mass is 570 g/mol. The van der Waals surface area contributed by atoms with Gasteiger partial charge in [-0.2, -0.15) is 8.78 Å². The van der Waals surface area contributed by atoms with Crippen molar-refractivity contribution in [1.82, 2.24) is 10.6 Å². The van der Waals surface area contributed by atoms with Gasteiger partial charge < -0.3 is 15.4 Å². The van der Waals surface area contributed by atoms with E-state index in [-0.39, 0.29) is 18.7 Å². The Labute approximate surface area is 230 Å². The molecule has 2 rings (SSSR count). The maximum absolute atomic E-state index is 14.6. The van der Waals surface area contributed by atoms with Gasteiger partial charge in [0.2, 0.25) is 5.78 Å². The molecule has 0 heterocycles. The molecule has 2 N–H and O–H groups in total. The summed E-state index contributed by atoms with van der Waals surface area (Å²) in [6, 6.07) is 12.0. The smallest absolute Gasteiger partial charge is 0.381 e. The first kappa shape index (κ1) is 31.2. The number of carbonyl (C=O) groups is 4. The number of ketones is 2. The molecule has 2 atom stereocenters. The number of Topliss-reactive ketones (excluding diaryl/α,β-unsaturated/α-hetero) is 2. The van der Waals surface area contributed by atoms with E-state index in [1.165, 1.54) is 39.0 Å². The lowest BCUT2D eigenvalue weighted by molar-refractivity contribution is -0.162. The highest BCUT2D eigenvalue weighted by molar-refractivity contribution is 6.34. The first-order valence-electron chi connectivity index (χ1n) is 12.0. The van der Waals surface area contributed by atoms with Crippen LogP contribution < -0.4 is 15.4 Å². The van der Waals surface area contributed by atoms with Crippen LogP contribution in [0.2, 0.25) is 10.0 Å². The number of ether oxygens (including phenoxy) is 1. The Morgan fingerprint density at radius 1 is 1.00 bits per heavy atom. The third kappa shape index (κ3) is 9.06. The van der Waals surface area contributed by atoms with E-state index in [0.29, 0.717) is 15.6 Å². The van der Waals surface area contributed by atoms with Crippen molar-refractivity contribution in [1.29, 1.82) is 0 Å². The van der Waals surface area contributed by atoms with Crippen LogP contribution in [0.5, 0.6) is 5.75 Å². The molecule has 2 aromatic rings. The van der Waals surface area contributed by atoms with Crippen LogP contribution in [0.15, 0.2) is 48.5 Å². The van der Waals surface area contributed by atoms with Crippen molar-refractivity contribution in [3.05, 3.63) is 64.1 Å². The molecule has 0 bridgehead atoms. The highest BCUT2D eigenvalue weighted by atomic mass is 35.5. The lowest BCUT2D eigenvalue weighted by Gasteiger charge is -2.26. The molecule has 0 radical (unpaired) electrons. The molecule has 0 aliphatic carbocycles. The molecule has 206 valence electrons. The van der Waals surface area contributed by atoms with Crippen LogP contribution in [0, 0.1) is 11.8 Å². The van der Waals surface area contributed by atoms with Crippen LogP contribution in [-0.2, 0) is 25.6 Å². The zero-order chi connectivity index (χ0) is 28.5. The second-order valence-electron chi connectivity index (χ2n) is 9.02. The molecule has 0 unspecified atom stereocenters. The minimum absolute atomic E-state index is 0.0557. The number of halogens is 4. The van der Waals surface area contributed by atoms with Crippen LogP contribution in [0.3, 0.4) is 0 Å². The van der Waals surface area contributed by atoms with Crippen LogP contribution >= 0.6 is 23.2 Å². The predicted octanol–water partition coefficient (Wildman–Crippen LogP) is 4.67. The Morgan fingerprint density at radius 3 is 2.16 bits per heavy atom. The minimum atomic E-state index is -4.30. The molecule has 0 saturated heterocycles. The van der Waals surface area contributed by atoms with E-state index < -0.39 is 60.2 Å². The van der Waals surface area contributed by atoms with Crippen molar-refractivity contribution >= 4 is 46.6 Å². The first-order valence-corrected chi connectivity index (χ1v) is 12.8. The van der Waals surface area contributed by atoms with Gasteiger partial charge in [-0.15, -0.1) is 0 Å². The number of nitrogens with one attached hydrogen (secondary N) is 2. The van der Waals surface area contributed by atoms with Gasteiger partial charge in [-0.25, -0.2) is 0 Å². The molecule has 38 heavy (non-hydrogen) atoms. The molecular weight excluding hydrogens is 541 g/mol. The number of hydrogen-bond donors (Lipinski definition) is 2. The summed E-state index contributed by atoms with van der Waals surface area (Å²) in [6.45, 7) is 3.92. The highest BCUT2D eigenvalue weighted by Gasteiger charge is 2.50. The van der Waals surface area contributed by atoms with Crippen LogP contribution in [0.4, 0.5) is 8.78 Å². The molecule has 2 aromatic carbocycles.